The van der Waals surface area contributed by atoms with Gasteiger partial charge < -0.3 is 4.74 Å². The van der Waals surface area contributed by atoms with Crippen LogP contribution in [-0.4, -0.2) is 12.9 Å². The second kappa shape index (κ2) is 4.01. The Balaban J connectivity index is 2.16. The molecular weight excluding hydrogens is 233 g/mol. The predicted molar refractivity (Wildman–Crippen MR) is 54.8 cm³/mol. The van der Waals surface area contributed by atoms with Gasteiger partial charge >= 0.3 is 6.36 Å². The Morgan fingerprint density at radius 2 is 1.88 bits per heavy atom. The Bertz CT molecular complexity index is 427. The van der Waals surface area contributed by atoms with Crippen LogP contribution in [0.15, 0.2) is 34.5 Å². The minimum absolute atomic E-state index is 0.222. The summed E-state index contributed by atoms with van der Waals surface area (Å²) in [6.07, 6.45) is -3.88. The number of halogens is 3. The van der Waals surface area contributed by atoms with Gasteiger partial charge in [0.2, 0.25) is 0 Å². The van der Waals surface area contributed by atoms with Gasteiger partial charge in [-0.2, -0.15) is 10.2 Å². The van der Waals surface area contributed by atoms with E-state index in [9.17, 15) is 13.2 Å². The van der Waals surface area contributed by atoms with Crippen LogP contribution < -0.4 is 4.74 Å². The van der Waals surface area contributed by atoms with E-state index in [1.54, 1.807) is 12.1 Å². The van der Waals surface area contributed by atoms with Gasteiger partial charge in [-0.05, 0) is 31.0 Å². The summed E-state index contributed by atoms with van der Waals surface area (Å²) in [7, 11) is 0. The molecule has 1 aliphatic heterocycles. The average Bonchev–Trinajstić information content (AvgIpc) is 2.65. The Hall–Kier alpha value is -1.59. The Labute approximate surface area is 96.3 Å². The maximum absolute atomic E-state index is 12.0. The van der Waals surface area contributed by atoms with Gasteiger partial charge in [0.1, 0.15) is 11.3 Å². The third-order valence-corrected chi connectivity index (χ3v) is 2.70. The first-order chi connectivity index (χ1) is 7.89. The van der Waals surface area contributed by atoms with Crippen molar-refractivity contribution in [2.45, 2.75) is 25.2 Å². The molecule has 0 bridgehead atoms. The van der Waals surface area contributed by atoms with Gasteiger partial charge in [0.25, 0.3) is 0 Å². The zero-order valence-corrected chi connectivity index (χ0v) is 9.16. The summed E-state index contributed by atoms with van der Waals surface area (Å²) in [5.41, 5.74) is 0.421. The highest BCUT2D eigenvalue weighted by Crippen LogP contribution is 2.34. The molecule has 0 spiro atoms. The lowest BCUT2D eigenvalue weighted by atomic mass is 9.90. The zero-order chi connectivity index (χ0) is 12.5. The lowest BCUT2D eigenvalue weighted by Gasteiger charge is -2.19. The second-order valence-electron chi connectivity index (χ2n) is 4.06. The molecule has 1 atom stereocenters. The van der Waals surface area contributed by atoms with Gasteiger partial charge in [-0.1, -0.05) is 12.1 Å². The van der Waals surface area contributed by atoms with Crippen molar-refractivity contribution in [2.75, 3.05) is 6.54 Å². The number of hydrogen-bond donors (Lipinski definition) is 0. The molecule has 2 rings (SSSR count). The van der Waals surface area contributed by atoms with E-state index < -0.39 is 11.9 Å². The van der Waals surface area contributed by atoms with Crippen LogP contribution in [0.25, 0.3) is 0 Å². The van der Waals surface area contributed by atoms with Crippen molar-refractivity contribution in [3.63, 3.8) is 0 Å². The van der Waals surface area contributed by atoms with E-state index in [1.165, 1.54) is 12.1 Å². The van der Waals surface area contributed by atoms with Crippen LogP contribution in [0.5, 0.6) is 5.75 Å². The predicted octanol–water partition coefficient (Wildman–Crippen LogP) is 3.66. The topological polar surface area (TPSA) is 34.0 Å². The first kappa shape index (κ1) is 11.9. The molecule has 3 nitrogen and oxygen atoms in total. The van der Waals surface area contributed by atoms with Gasteiger partial charge in [0.15, 0.2) is 0 Å². The molecule has 0 fully saturated rings. The largest absolute Gasteiger partial charge is 0.573 e. The molecule has 1 aliphatic rings. The first-order valence-corrected chi connectivity index (χ1v) is 5.14. The smallest absolute Gasteiger partial charge is 0.406 e. The number of azo groups is 1. The van der Waals surface area contributed by atoms with Crippen LogP contribution >= 0.6 is 0 Å². The van der Waals surface area contributed by atoms with Crippen molar-refractivity contribution in [3.05, 3.63) is 29.8 Å². The number of nitrogens with zero attached hydrogens (tertiary/aromatic N) is 2. The fourth-order valence-electron chi connectivity index (χ4n) is 1.74. The van der Waals surface area contributed by atoms with E-state index in [2.05, 4.69) is 15.0 Å². The van der Waals surface area contributed by atoms with Crippen molar-refractivity contribution in [1.82, 2.24) is 0 Å². The van der Waals surface area contributed by atoms with Crippen molar-refractivity contribution >= 4 is 0 Å². The molecule has 92 valence electrons. The molecule has 1 aromatic rings. The minimum Gasteiger partial charge on any atom is -0.406 e. The number of benzene rings is 1. The van der Waals surface area contributed by atoms with E-state index in [0.717, 1.165) is 12.0 Å². The van der Waals surface area contributed by atoms with Crippen LogP contribution in [0, 0.1) is 0 Å². The normalized spacial score (nSPS) is 24.0. The average molecular weight is 244 g/mol. The van der Waals surface area contributed by atoms with E-state index >= 15 is 0 Å². The molecule has 0 amide bonds. The van der Waals surface area contributed by atoms with Gasteiger partial charge in [0, 0.05) is 0 Å². The lowest BCUT2D eigenvalue weighted by Crippen LogP contribution is -2.18. The fourth-order valence-corrected chi connectivity index (χ4v) is 1.74. The Morgan fingerprint density at radius 3 is 2.35 bits per heavy atom. The summed E-state index contributed by atoms with van der Waals surface area (Å²) in [5, 5.41) is 8.01. The summed E-state index contributed by atoms with van der Waals surface area (Å²) < 4.78 is 39.7. The fraction of sp³-hybridized carbons (Fsp3) is 0.455. The highest BCUT2D eigenvalue weighted by molar-refractivity contribution is 5.32. The molecular formula is C11H11F3N2O. The molecule has 0 aliphatic carbocycles. The maximum Gasteiger partial charge on any atom is 0.573 e. The van der Waals surface area contributed by atoms with E-state index in [4.69, 9.17) is 0 Å². The number of hydrogen-bond acceptors (Lipinski definition) is 3. The van der Waals surface area contributed by atoms with E-state index in [0.29, 0.717) is 6.54 Å². The molecule has 0 N–H and O–H groups in total. The van der Waals surface area contributed by atoms with Gasteiger partial charge in [-0.15, -0.1) is 13.2 Å². The number of ether oxygens (including phenoxy) is 1. The lowest BCUT2D eigenvalue weighted by molar-refractivity contribution is -0.274. The summed E-state index contributed by atoms with van der Waals surface area (Å²) in [5.74, 6) is -0.222. The van der Waals surface area contributed by atoms with Gasteiger partial charge in [0.05, 0.1) is 6.54 Å². The third-order valence-electron chi connectivity index (χ3n) is 2.70. The molecule has 0 aromatic heterocycles. The van der Waals surface area contributed by atoms with Crippen LogP contribution in [0.2, 0.25) is 0 Å². The molecule has 0 radical (unpaired) electrons. The summed E-state index contributed by atoms with van der Waals surface area (Å²) >= 11 is 0. The first-order valence-electron chi connectivity index (χ1n) is 5.14. The molecule has 17 heavy (non-hydrogen) atoms. The minimum atomic E-state index is -4.65. The summed E-state index contributed by atoms with van der Waals surface area (Å²) in [6.45, 7) is 2.56. The highest BCUT2D eigenvalue weighted by atomic mass is 19.4. The van der Waals surface area contributed by atoms with Crippen LogP contribution in [0.3, 0.4) is 0 Å². The SMILES string of the molecule is CC1(c2ccc(OC(F)(F)F)cc2)CCN=N1. The Kier molecular flexibility index (Phi) is 2.81. The molecule has 6 heteroatoms. The quantitative estimate of drug-likeness (QED) is 0.781. The van der Waals surface area contributed by atoms with Gasteiger partial charge in [-0.25, -0.2) is 0 Å². The number of alkyl halides is 3. The summed E-state index contributed by atoms with van der Waals surface area (Å²) in [4.78, 5) is 0. The molecule has 1 unspecified atom stereocenters. The zero-order valence-electron chi connectivity index (χ0n) is 9.16. The van der Waals surface area contributed by atoms with Crippen LogP contribution in [0.4, 0.5) is 13.2 Å². The molecule has 1 heterocycles. The van der Waals surface area contributed by atoms with Crippen LogP contribution in [0.1, 0.15) is 18.9 Å². The third kappa shape index (κ3) is 2.75. The van der Waals surface area contributed by atoms with Crippen molar-refractivity contribution in [3.8, 4) is 5.75 Å². The second-order valence-corrected chi connectivity index (χ2v) is 4.06. The maximum atomic E-state index is 12.0. The molecule has 0 saturated heterocycles. The Morgan fingerprint density at radius 1 is 1.24 bits per heavy atom. The van der Waals surface area contributed by atoms with Crippen LogP contribution in [-0.2, 0) is 5.54 Å². The standard InChI is InChI=1S/C11H11F3N2O/c1-10(6-7-15-16-10)8-2-4-9(5-3-8)17-11(12,13)14/h2-5H,6-7H2,1H3. The monoisotopic (exact) mass is 244 g/mol. The summed E-state index contributed by atoms with van der Waals surface area (Å²) in [6, 6.07) is 5.76. The molecule has 1 aromatic carbocycles. The highest BCUT2D eigenvalue weighted by Gasteiger charge is 2.32. The number of rotatable bonds is 2. The van der Waals surface area contributed by atoms with Gasteiger partial charge in [-0.3, -0.25) is 0 Å². The molecule has 0 saturated carbocycles. The van der Waals surface area contributed by atoms with E-state index in [1.807, 2.05) is 6.92 Å². The van der Waals surface area contributed by atoms with Crippen molar-refractivity contribution in [2.24, 2.45) is 10.2 Å². The van der Waals surface area contributed by atoms with Crippen molar-refractivity contribution in [1.29, 1.82) is 0 Å². The van der Waals surface area contributed by atoms with Crippen molar-refractivity contribution < 1.29 is 17.9 Å². The van der Waals surface area contributed by atoms with E-state index in [-0.39, 0.29) is 5.75 Å².